The third-order valence-corrected chi connectivity index (χ3v) is 6.60. The van der Waals surface area contributed by atoms with Gasteiger partial charge in [0.1, 0.15) is 24.6 Å². The maximum atomic E-state index is 11.0. The second-order valence-electron chi connectivity index (χ2n) is 10.0. The van der Waals surface area contributed by atoms with E-state index in [2.05, 4.69) is 29.2 Å². The number of ether oxygens (including phenoxy) is 2. The first kappa shape index (κ1) is 27.2. The number of nitrogens with zero attached hydrogens (tertiary/aromatic N) is 3. The number of aromatic hydroxyl groups is 1. The van der Waals surface area contributed by atoms with Crippen LogP contribution in [-0.2, 0) is 13.1 Å². The lowest BCUT2D eigenvalue weighted by Crippen LogP contribution is -2.40. The minimum Gasteiger partial charge on any atom is -0.504 e. The quantitative estimate of drug-likeness (QED) is 0.207. The lowest BCUT2D eigenvalue weighted by Gasteiger charge is -2.28. The molecule has 0 saturated heterocycles. The minimum atomic E-state index is -0.726. The molecule has 40 heavy (non-hydrogen) atoms. The Morgan fingerprint density at radius 1 is 0.800 bits per heavy atom. The van der Waals surface area contributed by atoms with Crippen LogP contribution in [0.1, 0.15) is 18.1 Å². The van der Waals surface area contributed by atoms with Crippen molar-refractivity contribution in [2.24, 2.45) is 0 Å². The third kappa shape index (κ3) is 7.40. The number of para-hydroxylation sites is 2. The van der Waals surface area contributed by atoms with E-state index in [4.69, 9.17) is 14.6 Å². The molecule has 5 rings (SSSR count). The first-order chi connectivity index (χ1) is 19.5. The van der Waals surface area contributed by atoms with Crippen LogP contribution in [0.15, 0.2) is 109 Å². The summed E-state index contributed by atoms with van der Waals surface area (Å²) >= 11 is 0. The molecule has 2 atom stereocenters. The Hall–Kier alpha value is -4.33. The molecule has 0 bridgehead atoms. The molecule has 0 fully saturated rings. The number of benzene rings is 4. The number of rotatable bonds is 13. The van der Waals surface area contributed by atoms with E-state index in [1.54, 1.807) is 18.2 Å². The summed E-state index contributed by atoms with van der Waals surface area (Å²) in [5.74, 6) is 1.25. The van der Waals surface area contributed by atoms with Crippen molar-refractivity contribution in [1.82, 2.24) is 14.7 Å². The van der Waals surface area contributed by atoms with Crippen molar-refractivity contribution in [3.8, 4) is 17.2 Å². The van der Waals surface area contributed by atoms with Crippen molar-refractivity contribution >= 4 is 10.9 Å². The molecule has 0 aliphatic carbocycles. The predicted octanol–water partition coefficient (Wildman–Crippen LogP) is 5.50. The zero-order chi connectivity index (χ0) is 27.7. The van der Waals surface area contributed by atoms with Gasteiger partial charge in [-0.2, -0.15) is 5.10 Å². The predicted molar refractivity (Wildman–Crippen MR) is 157 cm³/mol. The smallest absolute Gasteiger partial charge is 0.161 e. The maximum Gasteiger partial charge on any atom is 0.161 e. The van der Waals surface area contributed by atoms with E-state index in [-0.39, 0.29) is 18.5 Å². The van der Waals surface area contributed by atoms with Gasteiger partial charge in [0.25, 0.3) is 0 Å². The zero-order valence-corrected chi connectivity index (χ0v) is 22.6. The van der Waals surface area contributed by atoms with E-state index in [1.807, 2.05) is 78.5 Å². The Labute approximate surface area is 234 Å². The van der Waals surface area contributed by atoms with Crippen LogP contribution < -0.4 is 9.47 Å². The van der Waals surface area contributed by atoms with Crippen LogP contribution in [0.4, 0.5) is 0 Å². The Bertz CT molecular complexity index is 1490. The molecule has 0 amide bonds. The number of aliphatic hydroxyl groups excluding tert-OH is 1. The molecule has 7 nitrogen and oxygen atoms in total. The summed E-state index contributed by atoms with van der Waals surface area (Å²) in [5, 5.41) is 26.7. The first-order valence-electron chi connectivity index (χ1n) is 13.6. The van der Waals surface area contributed by atoms with Gasteiger partial charge in [-0.3, -0.25) is 9.58 Å². The summed E-state index contributed by atoms with van der Waals surface area (Å²) in [4.78, 5) is 2.15. The van der Waals surface area contributed by atoms with Gasteiger partial charge in [0.2, 0.25) is 0 Å². The van der Waals surface area contributed by atoms with E-state index in [9.17, 15) is 10.2 Å². The Morgan fingerprint density at radius 3 is 2.23 bits per heavy atom. The summed E-state index contributed by atoms with van der Waals surface area (Å²) < 4.78 is 14.0. The van der Waals surface area contributed by atoms with Gasteiger partial charge in [-0.25, -0.2) is 0 Å². The van der Waals surface area contributed by atoms with Crippen LogP contribution in [0.5, 0.6) is 17.2 Å². The van der Waals surface area contributed by atoms with Gasteiger partial charge in [0, 0.05) is 25.8 Å². The molecule has 2 N–H and O–H groups in total. The Morgan fingerprint density at radius 2 is 1.48 bits per heavy atom. The van der Waals surface area contributed by atoms with Gasteiger partial charge in [0.15, 0.2) is 11.5 Å². The standard InChI is InChI=1S/C33H35N3O4/c1-25(40-33-17-9-8-16-31(33)38)19-35(20-26-11-4-2-5-12-26)22-28(37)24-39-32-18-10-15-30-29(32)23-36(34-30)21-27-13-6-3-7-14-27/h2-18,23,25,28,37-38H,19-22,24H2,1H3. The molecule has 0 aliphatic rings. The highest BCUT2D eigenvalue weighted by Crippen LogP contribution is 2.27. The third-order valence-electron chi connectivity index (χ3n) is 6.60. The van der Waals surface area contributed by atoms with Gasteiger partial charge >= 0.3 is 0 Å². The second-order valence-corrected chi connectivity index (χ2v) is 10.0. The number of aliphatic hydroxyl groups is 1. The molecular formula is C33H35N3O4. The largest absolute Gasteiger partial charge is 0.504 e. The molecule has 0 radical (unpaired) electrons. The van der Waals surface area contributed by atoms with Crippen molar-refractivity contribution < 1.29 is 19.7 Å². The molecule has 0 saturated carbocycles. The molecule has 0 spiro atoms. The lowest BCUT2D eigenvalue weighted by molar-refractivity contribution is 0.0503. The van der Waals surface area contributed by atoms with Gasteiger partial charge in [-0.05, 0) is 42.3 Å². The van der Waals surface area contributed by atoms with Crippen molar-refractivity contribution in [3.63, 3.8) is 0 Å². The number of aromatic nitrogens is 2. The highest BCUT2D eigenvalue weighted by Gasteiger charge is 2.18. The normalized spacial score (nSPS) is 12.9. The van der Waals surface area contributed by atoms with Crippen LogP contribution >= 0.6 is 0 Å². The number of hydrogen-bond acceptors (Lipinski definition) is 6. The minimum absolute atomic E-state index is 0.110. The summed E-state index contributed by atoms with van der Waals surface area (Å²) in [5.41, 5.74) is 3.16. The van der Waals surface area contributed by atoms with E-state index in [1.165, 1.54) is 5.56 Å². The van der Waals surface area contributed by atoms with E-state index >= 15 is 0 Å². The monoisotopic (exact) mass is 537 g/mol. The van der Waals surface area contributed by atoms with Crippen molar-refractivity contribution in [2.45, 2.75) is 32.2 Å². The van der Waals surface area contributed by atoms with Crippen molar-refractivity contribution in [2.75, 3.05) is 19.7 Å². The van der Waals surface area contributed by atoms with Gasteiger partial charge in [-0.1, -0.05) is 78.9 Å². The van der Waals surface area contributed by atoms with Crippen molar-refractivity contribution in [1.29, 1.82) is 0 Å². The molecule has 7 heteroatoms. The molecule has 0 aliphatic heterocycles. The fourth-order valence-corrected chi connectivity index (χ4v) is 4.80. The van der Waals surface area contributed by atoms with Gasteiger partial charge < -0.3 is 19.7 Å². The van der Waals surface area contributed by atoms with Gasteiger partial charge in [0.05, 0.1) is 17.4 Å². The molecule has 206 valence electrons. The highest BCUT2D eigenvalue weighted by molar-refractivity contribution is 5.84. The Kier molecular flexibility index (Phi) is 8.96. The molecule has 1 aromatic heterocycles. The molecule has 1 heterocycles. The number of phenols is 1. The topological polar surface area (TPSA) is 80.0 Å². The van der Waals surface area contributed by atoms with Crippen molar-refractivity contribution in [3.05, 3.63) is 120 Å². The number of phenolic OH excluding ortho intramolecular Hbond substituents is 1. The summed E-state index contributed by atoms with van der Waals surface area (Å²) in [6.45, 7) is 4.38. The summed E-state index contributed by atoms with van der Waals surface area (Å²) in [6, 6.07) is 33.1. The van der Waals surface area contributed by atoms with E-state index in [0.29, 0.717) is 37.7 Å². The van der Waals surface area contributed by atoms with E-state index in [0.717, 1.165) is 16.5 Å². The number of hydrogen-bond donors (Lipinski definition) is 2. The maximum absolute atomic E-state index is 11.0. The SMILES string of the molecule is CC(CN(Cc1ccccc1)CC(O)COc1cccc2nn(Cc3ccccc3)cc12)Oc1ccccc1O. The van der Waals surface area contributed by atoms with Crippen LogP contribution in [0, 0.1) is 0 Å². The second kappa shape index (κ2) is 13.2. The van der Waals surface area contributed by atoms with Crippen LogP contribution in [0.3, 0.4) is 0 Å². The summed E-state index contributed by atoms with van der Waals surface area (Å²) in [7, 11) is 0. The average molecular weight is 538 g/mol. The number of fused-ring (bicyclic) bond motifs is 1. The lowest BCUT2D eigenvalue weighted by atomic mass is 10.2. The fourth-order valence-electron chi connectivity index (χ4n) is 4.80. The zero-order valence-electron chi connectivity index (χ0n) is 22.6. The van der Waals surface area contributed by atoms with Crippen LogP contribution in [0.25, 0.3) is 10.9 Å². The molecule has 5 aromatic rings. The molecule has 4 aromatic carbocycles. The first-order valence-corrected chi connectivity index (χ1v) is 13.6. The molecular weight excluding hydrogens is 502 g/mol. The van der Waals surface area contributed by atoms with Crippen LogP contribution in [0.2, 0.25) is 0 Å². The fraction of sp³-hybridized carbons (Fsp3) is 0.242. The van der Waals surface area contributed by atoms with Gasteiger partial charge in [-0.15, -0.1) is 0 Å². The van der Waals surface area contributed by atoms with E-state index < -0.39 is 6.10 Å². The average Bonchev–Trinajstić information content (AvgIpc) is 3.37. The van der Waals surface area contributed by atoms with Crippen LogP contribution in [-0.4, -0.2) is 56.8 Å². The highest BCUT2D eigenvalue weighted by atomic mass is 16.5. The Balaban J connectivity index is 1.23. The summed E-state index contributed by atoms with van der Waals surface area (Å²) in [6.07, 6.45) is 1.05. The molecule has 2 unspecified atom stereocenters.